The van der Waals surface area contributed by atoms with Crippen molar-refractivity contribution in [3.63, 3.8) is 0 Å². The molecule has 31 heavy (non-hydrogen) atoms. The van der Waals surface area contributed by atoms with E-state index in [1.54, 1.807) is 30.3 Å². The van der Waals surface area contributed by atoms with Gasteiger partial charge in [0, 0.05) is 23.8 Å². The maximum atomic E-state index is 13.1. The molecule has 0 spiro atoms. The van der Waals surface area contributed by atoms with Crippen LogP contribution >= 0.6 is 23.4 Å². The lowest BCUT2D eigenvalue weighted by molar-refractivity contribution is -0.117. The number of thioether (sulfide) groups is 1. The molecule has 3 aromatic rings. The predicted molar refractivity (Wildman–Crippen MR) is 124 cm³/mol. The second-order valence-corrected chi connectivity index (χ2v) is 8.91. The van der Waals surface area contributed by atoms with Crippen molar-refractivity contribution in [3.05, 3.63) is 77.6 Å². The topological polar surface area (TPSA) is 60.2 Å². The van der Waals surface area contributed by atoms with E-state index in [0.29, 0.717) is 34.8 Å². The van der Waals surface area contributed by atoms with E-state index in [-0.39, 0.29) is 17.8 Å². The summed E-state index contributed by atoms with van der Waals surface area (Å²) in [5, 5.41) is 9.61. The first-order valence-corrected chi connectivity index (χ1v) is 11.3. The molecule has 2 heterocycles. The summed E-state index contributed by atoms with van der Waals surface area (Å²) in [6.45, 7) is 7.23. The van der Waals surface area contributed by atoms with Crippen molar-refractivity contribution < 1.29 is 9.53 Å². The number of benzene rings is 2. The molecule has 0 aliphatic carbocycles. The minimum atomic E-state index is -0.302. The van der Waals surface area contributed by atoms with Gasteiger partial charge >= 0.3 is 0 Å². The lowest BCUT2D eigenvalue weighted by Gasteiger charge is -2.21. The van der Waals surface area contributed by atoms with Gasteiger partial charge < -0.3 is 9.64 Å². The van der Waals surface area contributed by atoms with E-state index in [0.717, 1.165) is 12.1 Å². The van der Waals surface area contributed by atoms with E-state index in [4.69, 9.17) is 16.3 Å². The standard InChI is InChI=1S/C23H23ClN4O2S/c1-3-13-28-21(15-30-19-10-8-18(24)9-11-19)25-26-23(28)31-16(2)22(29)27-14-12-17-6-4-5-7-20(17)27/h3-11,16H,1,12-15H2,2H3. The Balaban J connectivity index is 1.46. The van der Waals surface area contributed by atoms with Crippen molar-refractivity contribution in [2.45, 2.75) is 36.9 Å². The van der Waals surface area contributed by atoms with Gasteiger partial charge in [0.25, 0.3) is 0 Å². The summed E-state index contributed by atoms with van der Waals surface area (Å²) in [6, 6.07) is 15.2. The second kappa shape index (κ2) is 9.58. The number of nitrogens with zero attached hydrogens (tertiary/aromatic N) is 4. The smallest absolute Gasteiger partial charge is 0.240 e. The van der Waals surface area contributed by atoms with E-state index in [2.05, 4.69) is 22.8 Å². The van der Waals surface area contributed by atoms with Gasteiger partial charge in [-0.3, -0.25) is 9.36 Å². The summed E-state index contributed by atoms with van der Waals surface area (Å²) in [4.78, 5) is 15.0. The van der Waals surface area contributed by atoms with Crippen LogP contribution in [0.15, 0.2) is 66.3 Å². The largest absolute Gasteiger partial charge is 0.486 e. The van der Waals surface area contributed by atoms with Gasteiger partial charge in [-0.15, -0.1) is 16.8 Å². The number of para-hydroxylation sites is 1. The molecular formula is C23H23ClN4O2S. The Morgan fingerprint density at radius 3 is 2.81 bits per heavy atom. The van der Waals surface area contributed by atoms with Crippen molar-refractivity contribution in [1.82, 2.24) is 14.8 Å². The van der Waals surface area contributed by atoms with E-state index < -0.39 is 0 Å². The number of rotatable bonds is 8. The maximum Gasteiger partial charge on any atom is 0.240 e. The molecule has 1 aliphatic heterocycles. The quantitative estimate of drug-likeness (QED) is 0.362. The van der Waals surface area contributed by atoms with Crippen LogP contribution in [0, 0.1) is 0 Å². The number of allylic oxidation sites excluding steroid dienone is 1. The fraction of sp³-hybridized carbons (Fsp3) is 0.261. The first-order chi connectivity index (χ1) is 15.1. The Morgan fingerprint density at radius 2 is 2.03 bits per heavy atom. The van der Waals surface area contributed by atoms with E-state index >= 15 is 0 Å². The van der Waals surface area contributed by atoms with Crippen LogP contribution in [-0.4, -0.2) is 32.5 Å². The molecule has 2 aromatic carbocycles. The average Bonchev–Trinajstić information content (AvgIpc) is 3.37. The zero-order chi connectivity index (χ0) is 21.8. The third kappa shape index (κ3) is 4.78. The fourth-order valence-corrected chi connectivity index (χ4v) is 4.56. The molecule has 0 radical (unpaired) electrons. The Bertz CT molecular complexity index is 1080. The van der Waals surface area contributed by atoms with Crippen LogP contribution in [0.5, 0.6) is 5.75 Å². The fourth-order valence-electron chi connectivity index (χ4n) is 3.50. The molecule has 1 amide bonds. The van der Waals surface area contributed by atoms with Gasteiger partial charge in [0.05, 0.1) is 5.25 Å². The predicted octanol–water partition coefficient (Wildman–Crippen LogP) is 4.77. The van der Waals surface area contributed by atoms with Crippen molar-refractivity contribution in [1.29, 1.82) is 0 Å². The number of fused-ring (bicyclic) bond motifs is 1. The number of halogens is 1. The van der Waals surface area contributed by atoms with Crippen molar-refractivity contribution in [2.75, 3.05) is 11.4 Å². The molecule has 0 saturated heterocycles. The van der Waals surface area contributed by atoms with Crippen molar-refractivity contribution in [2.24, 2.45) is 0 Å². The minimum absolute atomic E-state index is 0.0714. The first kappa shape index (κ1) is 21.5. The molecule has 6 nitrogen and oxygen atoms in total. The number of carbonyl (C=O) groups excluding carboxylic acids is 1. The third-order valence-electron chi connectivity index (χ3n) is 5.07. The van der Waals surface area contributed by atoms with Gasteiger partial charge in [-0.2, -0.15) is 0 Å². The van der Waals surface area contributed by atoms with Gasteiger partial charge in [-0.1, -0.05) is 47.6 Å². The molecule has 160 valence electrons. The van der Waals surface area contributed by atoms with Gasteiger partial charge in [0.15, 0.2) is 11.0 Å². The number of aromatic nitrogens is 3. The number of anilines is 1. The van der Waals surface area contributed by atoms with Crippen LogP contribution in [-0.2, 0) is 24.4 Å². The molecule has 0 bridgehead atoms. The molecule has 4 rings (SSSR count). The number of carbonyl (C=O) groups is 1. The maximum absolute atomic E-state index is 13.1. The molecule has 1 atom stereocenters. The van der Waals surface area contributed by atoms with Gasteiger partial charge in [0.1, 0.15) is 12.4 Å². The zero-order valence-electron chi connectivity index (χ0n) is 17.2. The van der Waals surface area contributed by atoms with Gasteiger partial charge in [-0.25, -0.2) is 0 Å². The monoisotopic (exact) mass is 454 g/mol. The summed E-state index contributed by atoms with van der Waals surface area (Å²) in [6.07, 6.45) is 2.67. The van der Waals surface area contributed by atoms with Crippen LogP contribution in [0.2, 0.25) is 5.02 Å². The summed E-state index contributed by atoms with van der Waals surface area (Å²) in [7, 11) is 0. The van der Waals surface area contributed by atoms with Crippen LogP contribution in [0.1, 0.15) is 18.3 Å². The average molecular weight is 455 g/mol. The summed E-state index contributed by atoms with van der Waals surface area (Å²) in [5.74, 6) is 1.44. The van der Waals surface area contributed by atoms with E-state index in [1.165, 1.54) is 17.3 Å². The van der Waals surface area contributed by atoms with Crippen LogP contribution in [0.4, 0.5) is 5.69 Å². The highest BCUT2D eigenvalue weighted by Crippen LogP contribution is 2.31. The zero-order valence-corrected chi connectivity index (χ0v) is 18.8. The summed E-state index contributed by atoms with van der Waals surface area (Å²) < 4.78 is 7.75. The van der Waals surface area contributed by atoms with Crippen LogP contribution in [0.3, 0.4) is 0 Å². The first-order valence-electron chi connectivity index (χ1n) is 10.0. The molecule has 0 N–H and O–H groups in total. The Morgan fingerprint density at radius 1 is 1.26 bits per heavy atom. The van der Waals surface area contributed by atoms with Gasteiger partial charge in [0.2, 0.25) is 5.91 Å². The number of hydrogen-bond donors (Lipinski definition) is 0. The Kier molecular flexibility index (Phi) is 6.63. The second-order valence-electron chi connectivity index (χ2n) is 7.17. The number of hydrogen-bond acceptors (Lipinski definition) is 5. The van der Waals surface area contributed by atoms with Crippen molar-refractivity contribution >= 4 is 35.0 Å². The van der Waals surface area contributed by atoms with Crippen LogP contribution < -0.4 is 9.64 Å². The Hall–Kier alpha value is -2.77. The highest BCUT2D eigenvalue weighted by molar-refractivity contribution is 8.00. The molecule has 0 fully saturated rings. The minimum Gasteiger partial charge on any atom is -0.486 e. The highest BCUT2D eigenvalue weighted by atomic mass is 35.5. The molecular weight excluding hydrogens is 432 g/mol. The van der Waals surface area contributed by atoms with E-state index in [1.807, 2.05) is 34.6 Å². The molecule has 0 saturated carbocycles. The lowest BCUT2D eigenvalue weighted by Crippen LogP contribution is -2.35. The SMILES string of the molecule is C=CCn1c(COc2ccc(Cl)cc2)nnc1SC(C)C(=O)N1CCc2ccccc21. The van der Waals surface area contributed by atoms with Crippen molar-refractivity contribution in [3.8, 4) is 5.75 Å². The van der Waals surface area contributed by atoms with Crippen LogP contribution in [0.25, 0.3) is 0 Å². The summed E-state index contributed by atoms with van der Waals surface area (Å²) in [5.41, 5.74) is 2.22. The van der Waals surface area contributed by atoms with Gasteiger partial charge in [-0.05, 0) is 49.2 Å². The van der Waals surface area contributed by atoms with E-state index in [9.17, 15) is 4.79 Å². The molecule has 1 unspecified atom stereocenters. The lowest BCUT2D eigenvalue weighted by atomic mass is 10.2. The molecule has 1 aliphatic rings. The molecule has 8 heteroatoms. The summed E-state index contributed by atoms with van der Waals surface area (Å²) >= 11 is 7.32. The number of ether oxygens (including phenoxy) is 1. The molecule has 1 aromatic heterocycles. The number of amides is 1. The highest BCUT2D eigenvalue weighted by Gasteiger charge is 2.29. The normalized spacial score (nSPS) is 13.7. The Labute approximate surface area is 190 Å². The third-order valence-corrected chi connectivity index (χ3v) is 6.39.